The van der Waals surface area contributed by atoms with Crippen molar-refractivity contribution in [3.63, 3.8) is 0 Å². The molecule has 0 bridgehead atoms. The van der Waals surface area contributed by atoms with Gasteiger partial charge in [0.25, 0.3) is 0 Å². The predicted octanol–water partition coefficient (Wildman–Crippen LogP) is 4.99. The first-order valence-corrected chi connectivity index (χ1v) is 16.0. The van der Waals surface area contributed by atoms with E-state index in [9.17, 15) is 9.90 Å². The molecule has 9 heteroatoms. The Morgan fingerprint density at radius 2 is 1.40 bits per heavy atom. The highest BCUT2D eigenvalue weighted by Crippen LogP contribution is 2.31. The van der Waals surface area contributed by atoms with Crippen molar-refractivity contribution < 1.29 is 38.3 Å². The van der Waals surface area contributed by atoms with Gasteiger partial charge in [-0.1, -0.05) is 66.7 Å². The molecule has 0 aromatic rings. The Bertz CT molecular complexity index is 717. The predicted molar refractivity (Wildman–Crippen MR) is 155 cm³/mol. The molecular formula is C31H57NO8. The summed E-state index contributed by atoms with van der Waals surface area (Å²) in [5.74, 6) is -0.173. The number of carbonyl (C=O) groups excluding carboxylic acids is 1. The van der Waals surface area contributed by atoms with Gasteiger partial charge >= 0.3 is 5.97 Å². The molecular weight excluding hydrogens is 514 g/mol. The molecule has 1 saturated heterocycles. The third kappa shape index (κ3) is 11.1. The summed E-state index contributed by atoms with van der Waals surface area (Å²) in [6, 6.07) is -0.0826. The minimum atomic E-state index is -1.00. The standard InChI is InChI=1S/C31H57NO8/c1-6-11-16-35-23-24-27(37-18-13-8-3)26(36-17-12-7-2)22-32(24)21-25(33)28-29(38-19-14-9-4)30(31(34)40-28)39-20-15-10-5/h24-28,33H,6-23H2,1-5H3/t24-,25+,26-,27-,28-/m1/s1. The first kappa shape index (κ1) is 34.8. The van der Waals surface area contributed by atoms with E-state index in [1.807, 2.05) is 0 Å². The molecule has 40 heavy (non-hydrogen) atoms. The van der Waals surface area contributed by atoms with Crippen LogP contribution in [0.2, 0.25) is 0 Å². The molecule has 9 nitrogen and oxygen atoms in total. The van der Waals surface area contributed by atoms with Crippen LogP contribution >= 0.6 is 0 Å². The van der Waals surface area contributed by atoms with Crippen LogP contribution in [0.4, 0.5) is 0 Å². The number of nitrogens with zero attached hydrogens (tertiary/aromatic N) is 1. The van der Waals surface area contributed by atoms with Gasteiger partial charge in [-0.25, -0.2) is 4.79 Å². The van der Waals surface area contributed by atoms with E-state index in [1.165, 1.54) is 0 Å². The minimum absolute atomic E-state index is 0.0826. The molecule has 1 fully saturated rings. The number of β-amino-alcohol motifs (C(OH)–C–C–N with tert-alkyl or cyclic N) is 1. The van der Waals surface area contributed by atoms with Gasteiger partial charge in [0.1, 0.15) is 12.2 Å². The lowest BCUT2D eigenvalue weighted by Gasteiger charge is -2.31. The summed E-state index contributed by atoms with van der Waals surface area (Å²) in [4.78, 5) is 14.9. The summed E-state index contributed by atoms with van der Waals surface area (Å²) in [6.45, 7) is 14.8. The van der Waals surface area contributed by atoms with E-state index in [1.54, 1.807) is 0 Å². The quantitative estimate of drug-likeness (QED) is 0.127. The molecule has 2 rings (SSSR count). The second-order valence-electron chi connectivity index (χ2n) is 10.9. The number of rotatable bonds is 24. The van der Waals surface area contributed by atoms with Gasteiger partial charge in [0.15, 0.2) is 11.9 Å². The monoisotopic (exact) mass is 571 g/mol. The fourth-order valence-corrected chi connectivity index (χ4v) is 4.86. The van der Waals surface area contributed by atoms with Crippen LogP contribution in [-0.4, -0.2) is 99.2 Å². The van der Waals surface area contributed by atoms with Crippen LogP contribution in [0.5, 0.6) is 0 Å². The Balaban J connectivity index is 2.21. The lowest BCUT2D eigenvalue weighted by molar-refractivity contribution is -0.148. The largest absolute Gasteiger partial charge is 0.490 e. The maximum Gasteiger partial charge on any atom is 0.378 e. The van der Waals surface area contributed by atoms with E-state index in [4.69, 9.17) is 28.4 Å². The second-order valence-corrected chi connectivity index (χ2v) is 10.9. The normalized spacial score (nSPS) is 24.1. The van der Waals surface area contributed by atoms with E-state index in [2.05, 4.69) is 39.5 Å². The number of ether oxygens (including phenoxy) is 6. The van der Waals surface area contributed by atoms with Crippen LogP contribution in [0.3, 0.4) is 0 Å². The Kier molecular flexibility index (Phi) is 17.8. The fraction of sp³-hybridized carbons (Fsp3) is 0.903. The smallest absolute Gasteiger partial charge is 0.378 e. The molecule has 234 valence electrons. The maximum atomic E-state index is 12.8. The Morgan fingerprint density at radius 1 is 0.825 bits per heavy atom. The third-order valence-corrected chi connectivity index (χ3v) is 7.37. The Hall–Kier alpha value is -1.39. The number of esters is 1. The SMILES string of the molecule is CCCCOC[C@@H]1[C@@H](OCCCC)[C@H](OCCCC)CN1C[C@H](O)[C@H]1OC(=O)C(OCCCC)=C1OCCCC. The van der Waals surface area contributed by atoms with Gasteiger partial charge in [-0.15, -0.1) is 0 Å². The van der Waals surface area contributed by atoms with Crippen LogP contribution in [0, 0.1) is 0 Å². The maximum absolute atomic E-state index is 12.8. The molecule has 0 saturated carbocycles. The average Bonchev–Trinajstić information content (AvgIpc) is 3.43. The van der Waals surface area contributed by atoms with Gasteiger partial charge in [-0.3, -0.25) is 4.90 Å². The molecule has 0 radical (unpaired) electrons. The van der Waals surface area contributed by atoms with Crippen molar-refractivity contribution in [2.75, 3.05) is 52.7 Å². The number of likely N-dealkylation sites (tertiary alicyclic amines) is 1. The van der Waals surface area contributed by atoms with E-state index in [-0.39, 0.29) is 30.6 Å². The molecule has 0 amide bonds. The molecule has 0 aromatic carbocycles. The highest BCUT2D eigenvalue weighted by atomic mass is 16.6. The molecule has 0 aromatic heterocycles. The Morgan fingerprint density at radius 3 is 2.05 bits per heavy atom. The molecule has 2 heterocycles. The lowest BCUT2D eigenvalue weighted by Crippen LogP contribution is -2.47. The van der Waals surface area contributed by atoms with Crippen LogP contribution in [0.25, 0.3) is 0 Å². The summed E-state index contributed by atoms with van der Waals surface area (Å²) >= 11 is 0. The van der Waals surface area contributed by atoms with Crippen LogP contribution in [0.15, 0.2) is 11.5 Å². The molecule has 2 aliphatic heterocycles. The number of unbranched alkanes of at least 4 members (excludes halogenated alkanes) is 5. The molecule has 0 aliphatic carbocycles. The highest BCUT2D eigenvalue weighted by molar-refractivity contribution is 5.89. The zero-order valence-electron chi connectivity index (χ0n) is 25.9. The van der Waals surface area contributed by atoms with Crippen molar-refractivity contribution >= 4 is 5.97 Å². The fourth-order valence-electron chi connectivity index (χ4n) is 4.86. The van der Waals surface area contributed by atoms with Gasteiger partial charge in [0.05, 0.1) is 32.0 Å². The first-order valence-electron chi connectivity index (χ1n) is 16.0. The summed E-state index contributed by atoms with van der Waals surface area (Å²) in [6.07, 6.45) is 7.49. The second kappa shape index (κ2) is 20.5. The number of hydrogen-bond donors (Lipinski definition) is 1. The van der Waals surface area contributed by atoms with Crippen molar-refractivity contribution in [2.24, 2.45) is 0 Å². The zero-order chi connectivity index (χ0) is 29.2. The number of hydrogen-bond acceptors (Lipinski definition) is 9. The van der Waals surface area contributed by atoms with Gasteiger partial charge in [0.2, 0.25) is 5.76 Å². The average molecular weight is 572 g/mol. The van der Waals surface area contributed by atoms with Crippen molar-refractivity contribution in [1.29, 1.82) is 0 Å². The molecule has 0 spiro atoms. The molecule has 1 N–H and O–H groups in total. The summed E-state index contributed by atoms with van der Waals surface area (Å²) in [5.41, 5.74) is 0. The number of carbonyl (C=O) groups is 1. The number of aliphatic hydroxyl groups excluding tert-OH is 1. The highest BCUT2D eigenvalue weighted by Gasteiger charge is 2.47. The van der Waals surface area contributed by atoms with Crippen molar-refractivity contribution in [3.05, 3.63) is 11.5 Å². The van der Waals surface area contributed by atoms with Crippen molar-refractivity contribution in [3.8, 4) is 0 Å². The molecule has 2 aliphatic rings. The van der Waals surface area contributed by atoms with E-state index in [0.29, 0.717) is 51.9 Å². The first-order chi connectivity index (χ1) is 19.5. The van der Waals surface area contributed by atoms with Crippen LogP contribution < -0.4 is 0 Å². The molecule has 0 unspecified atom stereocenters. The lowest BCUT2D eigenvalue weighted by atomic mass is 10.1. The topological polar surface area (TPSA) is 95.9 Å². The molecule has 5 atom stereocenters. The summed E-state index contributed by atoms with van der Waals surface area (Å²) in [7, 11) is 0. The van der Waals surface area contributed by atoms with Gasteiger partial charge in [-0.2, -0.15) is 0 Å². The minimum Gasteiger partial charge on any atom is -0.490 e. The van der Waals surface area contributed by atoms with Crippen molar-refractivity contribution in [1.82, 2.24) is 4.90 Å². The Labute approximate surface area is 242 Å². The van der Waals surface area contributed by atoms with Gasteiger partial charge < -0.3 is 33.5 Å². The zero-order valence-corrected chi connectivity index (χ0v) is 25.9. The van der Waals surface area contributed by atoms with Gasteiger partial charge in [0, 0.05) is 32.9 Å². The van der Waals surface area contributed by atoms with Crippen LogP contribution in [0.1, 0.15) is 98.8 Å². The van der Waals surface area contributed by atoms with E-state index < -0.39 is 18.2 Å². The van der Waals surface area contributed by atoms with Gasteiger partial charge in [-0.05, 0) is 32.1 Å². The number of aliphatic hydroxyl groups is 1. The van der Waals surface area contributed by atoms with Crippen LogP contribution in [-0.2, 0) is 33.2 Å². The number of cyclic esters (lactones) is 1. The summed E-state index contributed by atoms with van der Waals surface area (Å²) < 4.78 is 36.2. The van der Waals surface area contributed by atoms with E-state index >= 15 is 0 Å². The van der Waals surface area contributed by atoms with Crippen molar-refractivity contribution in [2.45, 2.75) is 129 Å². The third-order valence-electron chi connectivity index (χ3n) is 7.37. The van der Waals surface area contributed by atoms with E-state index in [0.717, 1.165) is 64.2 Å². The summed E-state index contributed by atoms with van der Waals surface area (Å²) in [5, 5.41) is 11.5.